The van der Waals surface area contributed by atoms with Gasteiger partial charge in [0.2, 0.25) is 0 Å². The molecule has 0 fully saturated rings. The summed E-state index contributed by atoms with van der Waals surface area (Å²) >= 11 is 0. The number of rotatable bonds is 4. The highest BCUT2D eigenvalue weighted by Gasteiger charge is 2.12. The van der Waals surface area contributed by atoms with E-state index in [9.17, 15) is 4.39 Å². The Morgan fingerprint density at radius 3 is 2.67 bits per heavy atom. The minimum atomic E-state index is -0.307. The lowest BCUT2D eigenvalue weighted by atomic mass is 9.93. The number of halogens is 1. The summed E-state index contributed by atoms with van der Waals surface area (Å²) in [6.45, 7) is 4.64. The molecule has 0 amide bonds. The molecule has 0 saturated carbocycles. The number of aryl methyl sites for hydroxylation is 1. The number of benzene rings is 1. The second kappa shape index (κ2) is 5.12. The summed E-state index contributed by atoms with van der Waals surface area (Å²) in [6, 6.07) is 3.28. The van der Waals surface area contributed by atoms with E-state index in [-0.39, 0.29) is 5.82 Å². The minimum Gasteiger partial charge on any atom is -0.494 e. The standard InChI is InChI=1S/C12H18FNO/c1-8(4-5-14)10-7-12(15-3)11(13)6-9(10)2/h6-8H,4-5,14H2,1-3H3. The highest BCUT2D eigenvalue weighted by atomic mass is 19.1. The van der Waals surface area contributed by atoms with Crippen LogP contribution in [0.5, 0.6) is 5.75 Å². The molecular formula is C12H18FNO. The molecule has 1 rings (SSSR count). The molecule has 1 aromatic rings. The first-order chi connectivity index (χ1) is 7.10. The first kappa shape index (κ1) is 12.0. The second-order valence-corrected chi connectivity index (χ2v) is 3.82. The molecule has 1 unspecified atom stereocenters. The lowest BCUT2D eigenvalue weighted by Crippen LogP contribution is -2.06. The van der Waals surface area contributed by atoms with Gasteiger partial charge in [0.05, 0.1) is 7.11 Å². The molecule has 0 radical (unpaired) electrons. The van der Waals surface area contributed by atoms with Gasteiger partial charge in [-0.15, -0.1) is 0 Å². The van der Waals surface area contributed by atoms with Crippen molar-refractivity contribution in [3.63, 3.8) is 0 Å². The molecule has 1 atom stereocenters. The van der Waals surface area contributed by atoms with Gasteiger partial charge in [0.1, 0.15) is 0 Å². The van der Waals surface area contributed by atoms with Crippen LogP contribution in [0, 0.1) is 12.7 Å². The van der Waals surface area contributed by atoms with E-state index in [4.69, 9.17) is 10.5 Å². The summed E-state index contributed by atoms with van der Waals surface area (Å²) in [5.41, 5.74) is 7.57. The summed E-state index contributed by atoms with van der Waals surface area (Å²) in [5.74, 6) is 0.336. The lowest BCUT2D eigenvalue weighted by molar-refractivity contribution is 0.385. The van der Waals surface area contributed by atoms with Crippen molar-refractivity contribution in [3.8, 4) is 5.75 Å². The van der Waals surface area contributed by atoms with Crippen LogP contribution in [0.15, 0.2) is 12.1 Å². The van der Waals surface area contributed by atoms with Crippen molar-refractivity contribution >= 4 is 0 Å². The van der Waals surface area contributed by atoms with Crippen LogP contribution in [-0.2, 0) is 0 Å². The van der Waals surface area contributed by atoms with Gasteiger partial charge in [-0.2, -0.15) is 0 Å². The van der Waals surface area contributed by atoms with Gasteiger partial charge < -0.3 is 10.5 Å². The summed E-state index contributed by atoms with van der Waals surface area (Å²) in [6.07, 6.45) is 0.898. The van der Waals surface area contributed by atoms with Crippen LogP contribution in [0.3, 0.4) is 0 Å². The summed E-state index contributed by atoms with van der Waals surface area (Å²) in [5, 5.41) is 0. The monoisotopic (exact) mass is 211 g/mol. The fourth-order valence-corrected chi connectivity index (χ4v) is 1.76. The van der Waals surface area contributed by atoms with Crippen molar-refractivity contribution in [2.24, 2.45) is 5.73 Å². The molecule has 84 valence electrons. The van der Waals surface area contributed by atoms with Crippen LogP contribution in [0.25, 0.3) is 0 Å². The highest BCUT2D eigenvalue weighted by molar-refractivity contribution is 5.38. The van der Waals surface area contributed by atoms with E-state index in [1.165, 1.54) is 13.2 Å². The lowest BCUT2D eigenvalue weighted by Gasteiger charge is -2.15. The molecule has 3 heteroatoms. The Morgan fingerprint density at radius 2 is 2.13 bits per heavy atom. The first-order valence-electron chi connectivity index (χ1n) is 5.14. The maximum absolute atomic E-state index is 13.3. The SMILES string of the molecule is COc1cc(C(C)CCN)c(C)cc1F. The van der Waals surface area contributed by atoms with E-state index in [1.54, 1.807) is 6.07 Å². The Hall–Kier alpha value is -1.09. The molecule has 1 aromatic carbocycles. The Labute approximate surface area is 90.2 Å². The van der Waals surface area contributed by atoms with Crippen LogP contribution >= 0.6 is 0 Å². The highest BCUT2D eigenvalue weighted by Crippen LogP contribution is 2.28. The van der Waals surface area contributed by atoms with Crippen molar-refractivity contribution in [1.29, 1.82) is 0 Å². The predicted molar refractivity (Wildman–Crippen MR) is 59.8 cm³/mol. The van der Waals surface area contributed by atoms with Crippen molar-refractivity contribution in [1.82, 2.24) is 0 Å². The molecule has 2 nitrogen and oxygen atoms in total. The van der Waals surface area contributed by atoms with Crippen LogP contribution in [0.4, 0.5) is 4.39 Å². The van der Waals surface area contributed by atoms with E-state index < -0.39 is 0 Å². The molecule has 0 bridgehead atoms. The largest absolute Gasteiger partial charge is 0.494 e. The van der Waals surface area contributed by atoms with Crippen LogP contribution in [-0.4, -0.2) is 13.7 Å². The van der Waals surface area contributed by atoms with Crippen molar-refractivity contribution in [2.45, 2.75) is 26.2 Å². The molecular weight excluding hydrogens is 193 g/mol. The van der Waals surface area contributed by atoms with E-state index in [0.29, 0.717) is 18.2 Å². The van der Waals surface area contributed by atoms with Crippen LogP contribution < -0.4 is 10.5 Å². The molecule has 0 aliphatic carbocycles. The molecule has 0 aromatic heterocycles. The fraction of sp³-hybridized carbons (Fsp3) is 0.500. The van der Waals surface area contributed by atoms with Crippen molar-refractivity contribution in [2.75, 3.05) is 13.7 Å². The van der Waals surface area contributed by atoms with Crippen molar-refractivity contribution < 1.29 is 9.13 Å². The fourth-order valence-electron chi connectivity index (χ4n) is 1.76. The van der Waals surface area contributed by atoms with Gasteiger partial charge in [-0.1, -0.05) is 6.92 Å². The van der Waals surface area contributed by atoms with E-state index in [0.717, 1.165) is 17.5 Å². The van der Waals surface area contributed by atoms with Gasteiger partial charge in [0.15, 0.2) is 11.6 Å². The average Bonchev–Trinajstić information content (AvgIpc) is 2.18. The van der Waals surface area contributed by atoms with Gasteiger partial charge in [0.25, 0.3) is 0 Å². The topological polar surface area (TPSA) is 35.2 Å². The molecule has 0 aliphatic rings. The maximum atomic E-state index is 13.3. The maximum Gasteiger partial charge on any atom is 0.165 e. The molecule has 0 spiro atoms. The first-order valence-corrected chi connectivity index (χ1v) is 5.14. The third kappa shape index (κ3) is 2.69. The summed E-state index contributed by atoms with van der Waals surface area (Å²) < 4.78 is 18.3. The van der Waals surface area contributed by atoms with Crippen LogP contribution in [0.2, 0.25) is 0 Å². The van der Waals surface area contributed by atoms with Gasteiger partial charge in [-0.05, 0) is 49.1 Å². The molecule has 15 heavy (non-hydrogen) atoms. The number of methoxy groups -OCH3 is 1. The number of hydrogen-bond donors (Lipinski definition) is 1. The second-order valence-electron chi connectivity index (χ2n) is 3.82. The Morgan fingerprint density at radius 1 is 1.47 bits per heavy atom. The Bertz CT molecular complexity index is 339. The zero-order valence-corrected chi connectivity index (χ0v) is 9.51. The number of ether oxygens (including phenoxy) is 1. The molecule has 0 saturated heterocycles. The molecule has 2 N–H and O–H groups in total. The Kier molecular flexibility index (Phi) is 4.09. The third-order valence-electron chi connectivity index (χ3n) is 2.67. The third-order valence-corrected chi connectivity index (χ3v) is 2.67. The number of nitrogens with two attached hydrogens (primary N) is 1. The van der Waals surface area contributed by atoms with Crippen LogP contribution in [0.1, 0.15) is 30.4 Å². The quantitative estimate of drug-likeness (QED) is 0.830. The molecule has 0 heterocycles. The van der Waals surface area contributed by atoms with E-state index >= 15 is 0 Å². The molecule has 0 aliphatic heterocycles. The number of hydrogen-bond acceptors (Lipinski definition) is 2. The normalized spacial score (nSPS) is 12.6. The Balaban J connectivity index is 3.06. The summed E-state index contributed by atoms with van der Waals surface area (Å²) in [4.78, 5) is 0. The summed E-state index contributed by atoms with van der Waals surface area (Å²) in [7, 11) is 1.48. The van der Waals surface area contributed by atoms with Gasteiger partial charge in [0, 0.05) is 0 Å². The average molecular weight is 211 g/mol. The van der Waals surface area contributed by atoms with Crippen molar-refractivity contribution in [3.05, 3.63) is 29.1 Å². The predicted octanol–water partition coefficient (Wildman–Crippen LogP) is 2.60. The van der Waals surface area contributed by atoms with Gasteiger partial charge in [-0.3, -0.25) is 0 Å². The van der Waals surface area contributed by atoms with Gasteiger partial charge >= 0.3 is 0 Å². The smallest absolute Gasteiger partial charge is 0.165 e. The zero-order valence-electron chi connectivity index (χ0n) is 9.51. The van der Waals surface area contributed by atoms with Gasteiger partial charge in [-0.25, -0.2) is 4.39 Å². The van der Waals surface area contributed by atoms with E-state index in [1.807, 2.05) is 6.92 Å². The zero-order chi connectivity index (χ0) is 11.4. The minimum absolute atomic E-state index is 0.305. The van der Waals surface area contributed by atoms with E-state index in [2.05, 4.69) is 6.92 Å².